The van der Waals surface area contributed by atoms with Crippen LogP contribution in [0, 0.1) is 6.92 Å². The Morgan fingerprint density at radius 3 is 2.84 bits per heavy atom. The minimum Gasteiger partial charge on any atom is -0.326 e. The summed E-state index contributed by atoms with van der Waals surface area (Å²) in [6.45, 7) is 4.25. The molecule has 0 bridgehead atoms. The van der Waals surface area contributed by atoms with Crippen LogP contribution in [0.1, 0.15) is 12.5 Å². The van der Waals surface area contributed by atoms with Gasteiger partial charge in [-0.1, -0.05) is 18.2 Å². The molecule has 0 aliphatic heterocycles. The predicted molar refractivity (Wildman–Crippen MR) is 75.3 cm³/mol. The number of pyridine rings is 1. The largest absolute Gasteiger partial charge is 0.350 e. The number of nitrogens with zero attached hydrogens (tertiary/aromatic N) is 3. The summed E-state index contributed by atoms with van der Waals surface area (Å²) in [6, 6.07) is 9.76. The number of rotatable bonds is 2. The van der Waals surface area contributed by atoms with Crippen molar-refractivity contribution in [3.05, 3.63) is 46.4 Å². The molecule has 0 aliphatic carbocycles. The molecular formula is C14H16N4O. The van der Waals surface area contributed by atoms with E-state index in [-0.39, 0.29) is 11.7 Å². The highest BCUT2D eigenvalue weighted by Gasteiger charge is 2.12. The van der Waals surface area contributed by atoms with E-state index < -0.39 is 0 Å². The third-order valence-corrected chi connectivity index (χ3v) is 3.20. The first-order valence-corrected chi connectivity index (χ1v) is 6.31. The van der Waals surface area contributed by atoms with Gasteiger partial charge in [0, 0.05) is 6.04 Å². The van der Waals surface area contributed by atoms with Gasteiger partial charge in [-0.05, 0) is 36.9 Å². The first-order chi connectivity index (χ1) is 9.08. The van der Waals surface area contributed by atoms with Gasteiger partial charge in [0.15, 0.2) is 5.65 Å². The van der Waals surface area contributed by atoms with E-state index in [9.17, 15) is 4.79 Å². The number of hydrogen-bond acceptors (Lipinski definition) is 3. The van der Waals surface area contributed by atoms with Crippen molar-refractivity contribution in [1.29, 1.82) is 0 Å². The third-order valence-electron chi connectivity index (χ3n) is 3.20. The Morgan fingerprint density at radius 2 is 2.11 bits per heavy atom. The molecule has 3 rings (SSSR count). The molecule has 0 amide bonds. The lowest BCUT2D eigenvalue weighted by atomic mass is 10.1. The van der Waals surface area contributed by atoms with Crippen LogP contribution in [0.25, 0.3) is 16.6 Å². The minimum atomic E-state index is -0.132. The van der Waals surface area contributed by atoms with E-state index in [0.29, 0.717) is 12.2 Å². The van der Waals surface area contributed by atoms with Crippen molar-refractivity contribution < 1.29 is 0 Å². The van der Waals surface area contributed by atoms with Crippen molar-refractivity contribution in [3.63, 3.8) is 0 Å². The second kappa shape index (κ2) is 4.20. The summed E-state index contributed by atoms with van der Waals surface area (Å²) < 4.78 is 3.10. The normalized spacial score (nSPS) is 13.2. The molecule has 0 aliphatic rings. The average molecular weight is 256 g/mol. The second-order valence-corrected chi connectivity index (χ2v) is 4.99. The van der Waals surface area contributed by atoms with Crippen LogP contribution in [0.15, 0.2) is 35.1 Å². The molecule has 0 saturated heterocycles. The van der Waals surface area contributed by atoms with Gasteiger partial charge in [0.05, 0.1) is 12.1 Å². The van der Waals surface area contributed by atoms with Crippen LogP contribution < -0.4 is 11.4 Å². The molecule has 5 nitrogen and oxygen atoms in total. The minimum absolute atomic E-state index is 0.103. The Bertz CT molecular complexity index is 813. The summed E-state index contributed by atoms with van der Waals surface area (Å²) in [5.74, 6) is 0. The van der Waals surface area contributed by atoms with Gasteiger partial charge < -0.3 is 5.73 Å². The van der Waals surface area contributed by atoms with Crippen molar-refractivity contribution in [2.24, 2.45) is 5.73 Å². The van der Waals surface area contributed by atoms with Crippen LogP contribution >= 0.6 is 0 Å². The van der Waals surface area contributed by atoms with Gasteiger partial charge in [-0.25, -0.2) is 13.9 Å². The number of aryl methyl sites for hydroxylation is 1. The van der Waals surface area contributed by atoms with Gasteiger partial charge in [0.25, 0.3) is 0 Å². The quantitative estimate of drug-likeness (QED) is 0.751. The topological polar surface area (TPSA) is 65.3 Å². The van der Waals surface area contributed by atoms with E-state index in [4.69, 9.17) is 5.73 Å². The van der Waals surface area contributed by atoms with E-state index >= 15 is 0 Å². The number of aromatic nitrogens is 3. The fourth-order valence-electron chi connectivity index (χ4n) is 2.38. The Labute approximate surface area is 110 Å². The molecule has 98 valence electrons. The molecule has 0 saturated carbocycles. The van der Waals surface area contributed by atoms with Crippen LogP contribution in [0.5, 0.6) is 0 Å². The summed E-state index contributed by atoms with van der Waals surface area (Å²) in [7, 11) is 0. The first-order valence-electron chi connectivity index (χ1n) is 6.31. The smallest absolute Gasteiger partial charge is 0.326 e. The molecule has 1 unspecified atom stereocenters. The molecule has 1 aromatic carbocycles. The van der Waals surface area contributed by atoms with E-state index in [0.717, 1.165) is 16.5 Å². The van der Waals surface area contributed by atoms with E-state index in [1.165, 1.54) is 4.68 Å². The highest BCUT2D eigenvalue weighted by molar-refractivity contribution is 5.83. The van der Waals surface area contributed by atoms with Crippen LogP contribution in [0.2, 0.25) is 0 Å². The van der Waals surface area contributed by atoms with Crippen LogP contribution in [0.3, 0.4) is 0 Å². The number of nitrogens with two attached hydrogens (primary N) is 1. The van der Waals surface area contributed by atoms with Crippen molar-refractivity contribution in [3.8, 4) is 0 Å². The highest BCUT2D eigenvalue weighted by Crippen LogP contribution is 2.17. The van der Waals surface area contributed by atoms with E-state index in [1.807, 2.05) is 44.2 Å². The number of hydrogen-bond donors (Lipinski definition) is 1. The summed E-state index contributed by atoms with van der Waals surface area (Å²) >= 11 is 0. The molecule has 0 spiro atoms. The van der Waals surface area contributed by atoms with Gasteiger partial charge >= 0.3 is 5.69 Å². The van der Waals surface area contributed by atoms with Crippen molar-refractivity contribution in [2.45, 2.75) is 26.4 Å². The lowest BCUT2D eigenvalue weighted by Crippen LogP contribution is -2.30. The molecule has 5 heteroatoms. The maximum Gasteiger partial charge on any atom is 0.350 e. The molecule has 2 aromatic heterocycles. The Hall–Kier alpha value is -2.14. The molecule has 19 heavy (non-hydrogen) atoms. The SMILES string of the molecule is Cc1cc2ccccc2n2c(=O)n(CC(C)N)nc12. The molecule has 2 N–H and O–H groups in total. The number of fused-ring (bicyclic) bond motifs is 3. The van der Waals surface area contributed by atoms with Crippen LogP contribution in [-0.2, 0) is 6.54 Å². The monoisotopic (exact) mass is 256 g/mol. The average Bonchev–Trinajstić information content (AvgIpc) is 2.68. The predicted octanol–water partition coefficient (Wildman–Crippen LogP) is 1.30. The lowest BCUT2D eigenvalue weighted by molar-refractivity contribution is 0.524. The zero-order valence-corrected chi connectivity index (χ0v) is 11.0. The highest BCUT2D eigenvalue weighted by atomic mass is 16.2. The van der Waals surface area contributed by atoms with Crippen LogP contribution in [-0.4, -0.2) is 20.2 Å². The summed E-state index contributed by atoms with van der Waals surface area (Å²) in [5, 5.41) is 5.43. The molecule has 1 atom stereocenters. The first kappa shape index (κ1) is 11.9. The van der Waals surface area contributed by atoms with Gasteiger partial charge in [-0.15, -0.1) is 5.10 Å². The molecule has 0 fully saturated rings. The maximum atomic E-state index is 12.4. The van der Waals surface area contributed by atoms with E-state index in [1.54, 1.807) is 4.40 Å². The van der Waals surface area contributed by atoms with Crippen molar-refractivity contribution in [2.75, 3.05) is 0 Å². The van der Waals surface area contributed by atoms with Gasteiger partial charge in [0.1, 0.15) is 0 Å². The Balaban J connectivity index is 2.43. The van der Waals surface area contributed by atoms with Crippen molar-refractivity contribution in [1.82, 2.24) is 14.2 Å². The lowest BCUT2D eigenvalue weighted by Gasteiger charge is -2.02. The van der Waals surface area contributed by atoms with Gasteiger partial charge in [0.2, 0.25) is 0 Å². The zero-order chi connectivity index (χ0) is 13.6. The fourth-order valence-corrected chi connectivity index (χ4v) is 2.38. The van der Waals surface area contributed by atoms with Gasteiger partial charge in [-0.3, -0.25) is 0 Å². The third kappa shape index (κ3) is 1.82. The molecular weight excluding hydrogens is 240 g/mol. The van der Waals surface area contributed by atoms with Crippen molar-refractivity contribution >= 4 is 16.6 Å². The van der Waals surface area contributed by atoms with E-state index in [2.05, 4.69) is 5.10 Å². The number of para-hydroxylation sites is 1. The molecule has 2 heterocycles. The maximum absolute atomic E-state index is 12.4. The Morgan fingerprint density at radius 1 is 1.37 bits per heavy atom. The summed E-state index contributed by atoms with van der Waals surface area (Å²) in [4.78, 5) is 12.4. The molecule has 0 radical (unpaired) electrons. The second-order valence-electron chi connectivity index (χ2n) is 4.99. The Kier molecular flexibility index (Phi) is 2.64. The standard InChI is InChI=1S/C14H16N4O/c1-9-7-11-5-3-4-6-12(11)18-13(9)16-17(14(18)19)8-10(2)15/h3-7,10H,8,15H2,1-2H3. The number of benzene rings is 1. The van der Waals surface area contributed by atoms with Gasteiger partial charge in [-0.2, -0.15) is 0 Å². The summed E-state index contributed by atoms with van der Waals surface area (Å²) in [6.07, 6.45) is 0. The summed E-state index contributed by atoms with van der Waals surface area (Å²) in [5.41, 5.74) is 8.19. The molecule has 3 aromatic rings. The fraction of sp³-hybridized carbons (Fsp3) is 0.286. The van der Waals surface area contributed by atoms with Crippen LogP contribution in [0.4, 0.5) is 0 Å². The zero-order valence-electron chi connectivity index (χ0n) is 11.0.